The van der Waals surface area contributed by atoms with Crippen molar-refractivity contribution in [2.24, 2.45) is 0 Å². The smallest absolute Gasteiger partial charge is 0.251 e. The number of anilines is 1. The first-order valence-electron chi connectivity index (χ1n) is 6.79. The Labute approximate surface area is 123 Å². The van der Waals surface area contributed by atoms with E-state index in [0.717, 1.165) is 11.4 Å². The molecule has 0 aromatic carbocycles. The summed E-state index contributed by atoms with van der Waals surface area (Å²) in [4.78, 5) is 24.7. The van der Waals surface area contributed by atoms with Crippen LogP contribution in [0.3, 0.4) is 0 Å². The Morgan fingerprint density at radius 2 is 2.05 bits per heavy atom. The van der Waals surface area contributed by atoms with Crippen LogP contribution in [0.2, 0.25) is 0 Å². The molecule has 0 spiro atoms. The first-order valence-corrected chi connectivity index (χ1v) is 6.79. The molecule has 2 aromatic rings. The summed E-state index contributed by atoms with van der Waals surface area (Å²) in [7, 11) is 0. The predicted molar refractivity (Wildman–Crippen MR) is 80.7 cm³/mol. The van der Waals surface area contributed by atoms with E-state index in [1.54, 1.807) is 24.5 Å². The minimum absolute atomic E-state index is 0.201. The first kappa shape index (κ1) is 14.9. The van der Waals surface area contributed by atoms with Gasteiger partial charge in [-0.2, -0.15) is 0 Å². The SMILES string of the molecule is Cc1cnc(CNC(=O)c2cc(N)nc(C(C)C)c2)cn1. The van der Waals surface area contributed by atoms with Crippen molar-refractivity contribution in [1.82, 2.24) is 20.3 Å². The average molecular weight is 285 g/mol. The van der Waals surface area contributed by atoms with Crippen LogP contribution in [0.15, 0.2) is 24.5 Å². The third-order valence-corrected chi connectivity index (χ3v) is 2.98. The van der Waals surface area contributed by atoms with Crippen LogP contribution in [0, 0.1) is 6.92 Å². The number of carbonyl (C=O) groups is 1. The molecule has 0 fully saturated rings. The standard InChI is InChI=1S/C15H19N5O/c1-9(2)13-4-11(5-14(16)20-13)15(21)19-8-12-7-17-10(3)6-18-12/h4-7,9H,8H2,1-3H3,(H2,16,20)(H,19,21). The topological polar surface area (TPSA) is 93.8 Å². The average Bonchev–Trinajstić information content (AvgIpc) is 2.45. The van der Waals surface area contributed by atoms with Gasteiger partial charge in [0.05, 0.1) is 24.1 Å². The normalized spacial score (nSPS) is 10.7. The molecule has 0 saturated carbocycles. The minimum Gasteiger partial charge on any atom is -0.384 e. The predicted octanol–water partition coefficient (Wildman–Crippen LogP) is 1.82. The zero-order valence-corrected chi connectivity index (χ0v) is 12.4. The Morgan fingerprint density at radius 1 is 1.29 bits per heavy atom. The van der Waals surface area contributed by atoms with Crippen molar-refractivity contribution in [2.75, 3.05) is 5.73 Å². The van der Waals surface area contributed by atoms with Crippen LogP contribution in [0.5, 0.6) is 0 Å². The van der Waals surface area contributed by atoms with Gasteiger partial charge in [-0.3, -0.25) is 14.8 Å². The molecule has 0 saturated heterocycles. The van der Waals surface area contributed by atoms with E-state index >= 15 is 0 Å². The van der Waals surface area contributed by atoms with Gasteiger partial charge in [0.2, 0.25) is 0 Å². The van der Waals surface area contributed by atoms with Crippen molar-refractivity contribution in [1.29, 1.82) is 0 Å². The second-order valence-electron chi connectivity index (χ2n) is 5.19. The molecular weight excluding hydrogens is 266 g/mol. The van der Waals surface area contributed by atoms with Crippen molar-refractivity contribution in [3.05, 3.63) is 47.2 Å². The summed E-state index contributed by atoms with van der Waals surface area (Å²) in [6.07, 6.45) is 3.32. The lowest BCUT2D eigenvalue weighted by atomic mass is 10.1. The number of aryl methyl sites for hydroxylation is 1. The number of rotatable bonds is 4. The van der Waals surface area contributed by atoms with Crippen LogP contribution < -0.4 is 11.1 Å². The van der Waals surface area contributed by atoms with Crippen LogP contribution in [0.25, 0.3) is 0 Å². The lowest BCUT2D eigenvalue weighted by Gasteiger charge is -2.09. The molecule has 0 atom stereocenters. The van der Waals surface area contributed by atoms with Crippen LogP contribution in [-0.4, -0.2) is 20.9 Å². The molecule has 3 N–H and O–H groups in total. The van der Waals surface area contributed by atoms with Crippen LogP contribution in [-0.2, 0) is 6.54 Å². The largest absolute Gasteiger partial charge is 0.384 e. The van der Waals surface area contributed by atoms with Crippen LogP contribution in [0.1, 0.15) is 47.2 Å². The minimum atomic E-state index is -0.201. The first-order chi connectivity index (χ1) is 9.95. The van der Waals surface area contributed by atoms with Crippen molar-refractivity contribution in [2.45, 2.75) is 33.2 Å². The van der Waals surface area contributed by atoms with E-state index in [4.69, 9.17) is 5.73 Å². The highest BCUT2D eigenvalue weighted by Gasteiger charge is 2.11. The lowest BCUT2D eigenvalue weighted by Crippen LogP contribution is -2.24. The van der Waals surface area contributed by atoms with Gasteiger partial charge in [0.1, 0.15) is 5.82 Å². The van der Waals surface area contributed by atoms with Gasteiger partial charge in [-0.25, -0.2) is 4.98 Å². The van der Waals surface area contributed by atoms with E-state index in [0.29, 0.717) is 23.6 Å². The van der Waals surface area contributed by atoms with Gasteiger partial charge in [-0.1, -0.05) is 13.8 Å². The second-order valence-corrected chi connectivity index (χ2v) is 5.19. The molecule has 0 unspecified atom stereocenters. The summed E-state index contributed by atoms with van der Waals surface area (Å²) < 4.78 is 0. The molecule has 0 aliphatic heterocycles. The number of pyridine rings is 1. The number of nitrogens with zero attached hydrogens (tertiary/aromatic N) is 3. The zero-order valence-electron chi connectivity index (χ0n) is 12.4. The molecule has 110 valence electrons. The third-order valence-electron chi connectivity index (χ3n) is 2.98. The molecule has 2 heterocycles. The Bertz CT molecular complexity index is 637. The number of nitrogen functional groups attached to an aromatic ring is 1. The zero-order chi connectivity index (χ0) is 15.4. The van der Waals surface area contributed by atoms with Crippen molar-refractivity contribution in [3.63, 3.8) is 0 Å². The van der Waals surface area contributed by atoms with Crippen LogP contribution in [0.4, 0.5) is 5.82 Å². The Morgan fingerprint density at radius 3 is 2.67 bits per heavy atom. The summed E-state index contributed by atoms with van der Waals surface area (Å²) in [5.74, 6) is 0.359. The number of hydrogen-bond donors (Lipinski definition) is 2. The molecule has 6 heteroatoms. The number of hydrogen-bond acceptors (Lipinski definition) is 5. The maximum Gasteiger partial charge on any atom is 0.251 e. The number of carbonyl (C=O) groups excluding carboxylic acids is 1. The van der Waals surface area contributed by atoms with E-state index in [-0.39, 0.29) is 11.8 Å². The van der Waals surface area contributed by atoms with Gasteiger partial charge in [-0.05, 0) is 25.0 Å². The number of nitrogens with one attached hydrogen (secondary N) is 1. The second kappa shape index (κ2) is 6.30. The van der Waals surface area contributed by atoms with Gasteiger partial charge >= 0.3 is 0 Å². The fourth-order valence-corrected chi connectivity index (χ4v) is 1.78. The fourth-order valence-electron chi connectivity index (χ4n) is 1.78. The van der Waals surface area contributed by atoms with Gasteiger partial charge in [0.25, 0.3) is 5.91 Å². The van der Waals surface area contributed by atoms with Crippen molar-refractivity contribution >= 4 is 11.7 Å². The van der Waals surface area contributed by atoms with Gasteiger partial charge in [0, 0.05) is 17.5 Å². The quantitative estimate of drug-likeness (QED) is 0.893. The molecular formula is C15H19N5O. The molecule has 0 aliphatic carbocycles. The Balaban J connectivity index is 2.08. The van der Waals surface area contributed by atoms with Gasteiger partial charge < -0.3 is 11.1 Å². The lowest BCUT2D eigenvalue weighted by molar-refractivity contribution is 0.0950. The summed E-state index contributed by atoms with van der Waals surface area (Å²) in [5, 5.41) is 2.80. The maximum absolute atomic E-state index is 12.2. The van der Waals surface area contributed by atoms with E-state index in [2.05, 4.69) is 20.3 Å². The van der Waals surface area contributed by atoms with Gasteiger partial charge in [-0.15, -0.1) is 0 Å². The Hall–Kier alpha value is -2.50. The number of nitrogens with two attached hydrogens (primary N) is 1. The summed E-state index contributed by atoms with van der Waals surface area (Å²) in [6, 6.07) is 3.33. The summed E-state index contributed by atoms with van der Waals surface area (Å²) in [5.41, 5.74) is 8.60. The summed E-state index contributed by atoms with van der Waals surface area (Å²) >= 11 is 0. The highest BCUT2D eigenvalue weighted by Crippen LogP contribution is 2.16. The van der Waals surface area contributed by atoms with Crippen molar-refractivity contribution < 1.29 is 4.79 Å². The molecule has 0 radical (unpaired) electrons. The number of aromatic nitrogens is 3. The molecule has 2 rings (SSSR count). The molecule has 0 bridgehead atoms. The van der Waals surface area contributed by atoms with Crippen LogP contribution >= 0.6 is 0 Å². The molecule has 1 amide bonds. The number of amides is 1. The van der Waals surface area contributed by atoms with E-state index < -0.39 is 0 Å². The van der Waals surface area contributed by atoms with E-state index in [9.17, 15) is 4.79 Å². The van der Waals surface area contributed by atoms with E-state index in [1.807, 2.05) is 20.8 Å². The highest BCUT2D eigenvalue weighted by molar-refractivity contribution is 5.94. The highest BCUT2D eigenvalue weighted by atomic mass is 16.1. The molecule has 2 aromatic heterocycles. The molecule has 21 heavy (non-hydrogen) atoms. The van der Waals surface area contributed by atoms with Gasteiger partial charge in [0.15, 0.2) is 0 Å². The summed E-state index contributed by atoms with van der Waals surface area (Å²) in [6.45, 7) is 6.20. The molecule has 0 aliphatic rings. The maximum atomic E-state index is 12.2. The van der Waals surface area contributed by atoms with Crippen molar-refractivity contribution in [3.8, 4) is 0 Å². The monoisotopic (exact) mass is 285 g/mol. The molecule has 6 nitrogen and oxygen atoms in total. The Kier molecular flexibility index (Phi) is 4.47. The van der Waals surface area contributed by atoms with E-state index in [1.165, 1.54) is 0 Å². The fraction of sp³-hybridized carbons (Fsp3) is 0.333. The third kappa shape index (κ3) is 3.98.